The monoisotopic (exact) mass is 173 g/mol. The fraction of sp³-hybridized carbons (Fsp3) is 0.400. The molecule has 1 rings (SSSR count). The van der Waals surface area contributed by atoms with Crippen LogP contribution in [0.5, 0.6) is 0 Å². The second-order valence-electron chi connectivity index (χ2n) is 2.02. The first kappa shape index (κ1) is 8.31. The van der Waals surface area contributed by atoms with Crippen molar-refractivity contribution < 1.29 is 14.4 Å². The van der Waals surface area contributed by atoms with E-state index in [-0.39, 0.29) is 6.54 Å². The molecule has 0 unspecified atom stereocenters. The van der Waals surface area contributed by atoms with Crippen molar-refractivity contribution in [2.24, 2.45) is 0 Å². The van der Waals surface area contributed by atoms with Gasteiger partial charge in [0.25, 0.3) is 0 Å². The first-order valence-electron chi connectivity index (χ1n) is 3.20. The number of hydrogen-bond donors (Lipinski definition) is 3. The van der Waals surface area contributed by atoms with Crippen molar-refractivity contribution in [2.75, 3.05) is 6.54 Å². The van der Waals surface area contributed by atoms with Gasteiger partial charge in [0.2, 0.25) is 0 Å². The van der Waals surface area contributed by atoms with Crippen LogP contribution >= 0.6 is 0 Å². The van der Waals surface area contributed by atoms with Crippen molar-refractivity contribution in [3.8, 4) is 0 Å². The Balaban J connectivity index is 2.33. The van der Waals surface area contributed by atoms with Crippen LogP contribution in [0.3, 0.4) is 0 Å². The van der Waals surface area contributed by atoms with Crippen molar-refractivity contribution in [3.05, 3.63) is 16.4 Å². The highest BCUT2D eigenvalue weighted by molar-refractivity contribution is 5.64. The lowest BCUT2D eigenvalue weighted by Crippen LogP contribution is -2.23. The molecule has 0 aromatic carbocycles. The van der Waals surface area contributed by atoms with Gasteiger partial charge in [0.05, 0.1) is 0 Å². The van der Waals surface area contributed by atoms with Crippen LogP contribution in [0.4, 0.5) is 4.79 Å². The van der Waals surface area contributed by atoms with E-state index < -0.39 is 11.8 Å². The Hall–Kier alpha value is -1.79. The van der Waals surface area contributed by atoms with E-state index in [1.807, 2.05) is 0 Å². The Kier molecular flexibility index (Phi) is 2.46. The van der Waals surface area contributed by atoms with Gasteiger partial charge in [0.1, 0.15) is 0 Å². The fourth-order valence-electron chi connectivity index (χ4n) is 0.656. The number of hydrogen-bond acceptors (Lipinski definition) is 4. The molecule has 12 heavy (non-hydrogen) atoms. The van der Waals surface area contributed by atoms with Crippen LogP contribution in [0.15, 0.2) is 9.32 Å². The molecule has 1 aromatic rings. The van der Waals surface area contributed by atoms with Crippen molar-refractivity contribution in [1.29, 1.82) is 0 Å². The molecule has 0 radical (unpaired) electrons. The van der Waals surface area contributed by atoms with Crippen LogP contribution < -0.4 is 11.1 Å². The summed E-state index contributed by atoms with van der Waals surface area (Å²) in [4.78, 5) is 22.6. The van der Waals surface area contributed by atoms with Gasteiger partial charge in [-0.1, -0.05) is 5.16 Å². The molecule has 66 valence electrons. The third-order valence-corrected chi connectivity index (χ3v) is 1.12. The van der Waals surface area contributed by atoms with E-state index in [1.54, 1.807) is 0 Å². The summed E-state index contributed by atoms with van der Waals surface area (Å²) in [6, 6.07) is 0. The second-order valence-corrected chi connectivity index (χ2v) is 2.02. The molecule has 1 heterocycles. The third kappa shape index (κ3) is 2.45. The topological polar surface area (TPSA) is 108 Å². The average Bonchev–Trinajstić information content (AvgIpc) is 2.35. The number of rotatable bonds is 3. The third-order valence-electron chi connectivity index (χ3n) is 1.12. The van der Waals surface area contributed by atoms with Gasteiger partial charge in [-0.25, -0.2) is 9.59 Å². The molecule has 7 heteroatoms. The molecule has 7 nitrogen and oxygen atoms in total. The molecule has 0 aliphatic rings. The standard InChI is InChI=1S/C5H7N3O4/c9-4(10)6-2-1-3-7-5(11)12-8-3/h6H,1-2H2,(H,9,10)(H,7,8,11). The Morgan fingerprint density at radius 3 is 3.00 bits per heavy atom. The molecule has 3 N–H and O–H groups in total. The maximum Gasteiger partial charge on any atom is 0.438 e. The number of carbonyl (C=O) groups is 1. The highest BCUT2D eigenvalue weighted by atomic mass is 16.5. The Morgan fingerprint density at radius 2 is 2.50 bits per heavy atom. The second kappa shape index (κ2) is 3.56. The lowest BCUT2D eigenvalue weighted by atomic mass is 10.4. The van der Waals surface area contributed by atoms with E-state index in [0.717, 1.165) is 0 Å². The molecular formula is C5H7N3O4. The largest absolute Gasteiger partial charge is 0.465 e. The van der Waals surface area contributed by atoms with Gasteiger partial charge in [0.15, 0.2) is 5.82 Å². The van der Waals surface area contributed by atoms with Gasteiger partial charge >= 0.3 is 11.8 Å². The molecule has 0 aliphatic carbocycles. The summed E-state index contributed by atoms with van der Waals surface area (Å²) in [6.45, 7) is 0.192. The lowest BCUT2D eigenvalue weighted by molar-refractivity contribution is 0.194. The predicted molar refractivity (Wildman–Crippen MR) is 36.9 cm³/mol. The van der Waals surface area contributed by atoms with Gasteiger partial charge in [-0.3, -0.25) is 9.51 Å². The number of aromatic amines is 1. The van der Waals surface area contributed by atoms with Crippen molar-refractivity contribution in [2.45, 2.75) is 6.42 Å². The SMILES string of the molecule is O=C(O)NCCc1noc(=O)[nH]1. The normalized spacial score (nSPS) is 9.67. The summed E-state index contributed by atoms with van der Waals surface area (Å²) >= 11 is 0. The minimum absolute atomic E-state index is 0.192. The smallest absolute Gasteiger partial charge is 0.438 e. The summed E-state index contributed by atoms with van der Waals surface area (Å²) in [7, 11) is 0. The number of aromatic nitrogens is 2. The first-order chi connectivity index (χ1) is 5.68. The van der Waals surface area contributed by atoms with Crippen LogP contribution in [0, 0.1) is 0 Å². The van der Waals surface area contributed by atoms with Crippen LogP contribution in [-0.2, 0) is 6.42 Å². The summed E-state index contributed by atoms with van der Waals surface area (Å²) in [5, 5.41) is 13.6. The van der Waals surface area contributed by atoms with Crippen LogP contribution in [-0.4, -0.2) is 27.9 Å². The molecule has 0 bridgehead atoms. The van der Waals surface area contributed by atoms with E-state index in [9.17, 15) is 9.59 Å². The van der Waals surface area contributed by atoms with Gasteiger partial charge in [-0.2, -0.15) is 0 Å². The van der Waals surface area contributed by atoms with E-state index >= 15 is 0 Å². The van der Waals surface area contributed by atoms with Crippen LogP contribution in [0.1, 0.15) is 5.82 Å². The summed E-state index contributed by atoms with van der Waals surface area (Å²) < 4.78 is 4.19. The van der Waals surface area contributed by atoms with Crippen LogP contribution in [0.2, 0.25) is 0 Å². The van der Waals surface area contributed by atoms with E-state index in [0.29, 0.717) is 12.2 Å². The summed E-state index contributed by atoms with van der Waals surface area (Å²) in [6.07, 6.45) is -0.807. The Labute approximate surface area is 66.4 Å². The number of nitrogens with one attached hydrogen (secondary N) is 2. The maximum atomic E-state index is 10.4. The van der Waals surface area contributed by atoms with Gasteiger partial charge < -0.3 is 10.4 Å². The lowest BCUT2D eigenvalue weighted by Gasteiger charge is -1.94. The number of nitrogens with zero attached hydrogens (tertiary/aromatic N) is 1. The highest BCUT2D eigenvalue weighted by Gasteiger charge is 2.00. The molecule has 0 aliphatic heterocycles. The molecule has 0 fully saturated rings. The minimum atomic E-state index is -1.11. The summed E-state index contributed by atoms with van der Waals surface area (Å²) in [5.41, 5.74) is 0. The van der Waals surface area contributed by atoms with Crippen LogP contribution in [0.25, 0.3) is 0 Å². The van der Waals surface area contributed by atoms with E-state index in [2.05, 4.69) is 20.0 Å². The molecular weight excluding hydrogens is 166 g/mol. The van der Waals surface area contributed by atoms with Gasteiger partial charge in [-0.05, 0) is 0 Å². The quantitative estimate of drug-likeness (QED) is 0.553. The number of carboxylic acid groups (broad SMARTS) is 1. The molecule has 0 saturated carbocycles. The zero-order valence-electron chi connectivity index (χ0n) is 6.03. The zero-order valence-corrected chi connectivity index (χ0v) is 6.03. The van der Waals surface area contributed by atoms with Crippen molar-refractivity contribution in [1.82, 2.24) is 15.5 Å². The molecule has 1 aromatic heterocycles. The Bertz CT molecular complexity index is 314. The zero-order chi connectivity index (χ0) is 8.97. The molecule has 0 spiro atoms. The minimum Gasteiger partial charge on any atom is -0.465 e. The molecule has 0 atom stereocenters. The highest BCUT2D eigenvalue weighted by Crippen LogP contribution is 1.83. The van der Waals surface area contributed by atoms with Gasteiger partial charge in [-0.15, -0.1) is 0 Å². The summed E-state index contributed by atoms with van der Waals surface area (Å²) in [5.74, 6) is -0.311. The molecule has 0 saturated heterocycles. The number of amides is 1. The fourth-order valence-corrected chi connectivity index (χ4v) is 0.656. The Morgan fingerprint density at radius 1 is 1.75 bits per heavy atom. The maximum absolute atomic E-state index is 10.4. The molecule has 1 amide bonds. The van der Waals surface area contributed by atoms with E-state index in [1.165, 1.54) is 0 Å². The van der Waals surface area contributed by atoms with E-state index in [4.69, 9.17) is 5.11 Å². The van der Waals surface area contributed by atoms with Crippen molar-refractivity contribution in [3.63, 3.8) is 0 Å². The number of H-pyrrole nitrogens is 1. The average molecular weight is 173 g/mol. The predicted octanol–water partition coefficient (Wildman–Crippen LogP) is -0.827. The van der Waals surface area contributed by atoms with Gasteiger partial charge in [0, 0.05) is 13.0 Å². The van der Waals surface area contributed by atoms with Crippen molar-refractivity contribution >= 4 is 6.09 Å². The first-order valence-corrected chi connectivity index (χ1v) is 3.20.